The van der Waals surface area contributed by atoms with Crippen molar-refractivity contribution in [2.75, 3.05) is 7.11 Å². The van der Waals surface area contributed by atoms with Crippen molar-refractivity contribution in [3.05, 3.63) is 62.1 Å². The highest BCUT2D eigenvalue weighted by atomic mass is 16.6. The van der Waals surface area contributed by atoms with Gasteiger partial charge in [-0.05, 0) is 38.2 Å². The molecule has 0 bridgehead atoms. The molecule has 0 radical (unpaired) electrons. The maximum Gasteiger partial charge on any atom is 0.328 e. The van der Waals surface area contributed by atoms with Gasteiger partial charge >= 0.3 is 5.97 Å². The molecule has 2 aliphatic rings. The van der Waals surface area contributed by atoms with Crippen LogP contribution in [0.5, 0.6) is 0 Å². The summed E-state index contributed by atoms with van der Waals surface area (Å²) in [6.45, 7) is 1.59. The van der Waals surface area contributed by atoms with Gasteiger partial charge < -0.3 is 9.64 Å². The Morgan fingerprint density at radius 1 is 1.22 bits per heavy atom. The molecule has 0 spiro atoms. The first-order valence-corrected chi connectivity index (χ1v) is 10.6. The van der Waals surface area contributed by atoms with E-state index in [-0.39, 0.29) is 29.0 Å². The molecule has 1 aliphatic heterocycles. The second kappa shape index (κ2) is 8.52. The predicted molar refractivity (Wildman–Crippen MR) is 114 cm³/mol. The third-order valence-corrected chi connectivity index (χ3v) is 6.41. The van der Waals surface area contributed by atoms with Crippen molar-refractivity contribution >= 4 is 17.6 Å². The summed E-state index contributed by atoms with van der Waals surface area (Å²) in [5, 5.41) is 15.7. The number of esters is 1. The zero-order valence-electron chi connectivity index (χ0n) is 17.9. The van der Waals surface area contributed by atoms with E-state index >= 15 is 0 Å². The minimum absolute atomic E-state index is 0.144. The number of aromatic nitrogens is 2. The molecule has 1 saturated heterocycles. The van der Waals surface area contributed by atoms with Crippen LogP contribution >= 0.6 is 0 Å². The highest BCUT2D eigenvalue weighted by Gasteiger charge is 2.49. The second-order valence-corrected chi connectivity index (χ2v) is 8.26. The fraction of sp³-hybridized carbons (Fsp3) is 0.455. The number of rotatable bonds is 4. The van der Waals surface area contributed by atoms with E-state index < -0.39 is 28.3 Å². The number of para-hydroxylation sites is 2. The van der Waals surface area contributed by atoms with Crippen LogP contribution in [0.4, 0.5) is 5.69 Å². The topological polar surface area (TPSA) is 125 Å². The molecule has 4 rings (SSSR count). The van der Waals surface area contributed by atoms with E-state index in [1.54, 1.807) is 13.0 Å². The number of nitrogens with zero attached hydrogens (tertiary/aromatic N) is 4. The zero-order valence-corrected chi connectivity index (χ0v) is 17.9. The first kappa shape index (κ1) is 21.7. The monoisotopic (exact) mass is 440 g/mol. The molecule has 1 amide bonds. The second-order valence-electron chi connectivity index (χ2n) is 8.26. The number of hydrogen-bond donors (Lipinski definition) is 0. The lowest BCUT2D eigenvalue weighted by molar-refractivity contribution is -0.384. The lowest BCUT2D eigenvalue weighted by atomic mass is 9.84. The molecule has 0 N–H and O–H groups in total. The number of methoxy groups -OCH3 is 1. The zero-order chi connectivity index (χ0) is 23.0. The van der Waals surface area contributed by atoms with Gasteiger partial charge in [0.1, 0.15) is 11.7 Å². The van der Waals surface area contributed by atoms with E-state index in [4.69, 9.17) is 4.74 Å². The standard InChI is InChI=1S/C22H24N4O6/c1-13-11-19(27)20(23-25(13)16-9-5-6-10-17(16)26(30)31)21(28)24-15-8-4-3-7-14(15)12-18(24)22(29)32-2/h5-6,9-11,14-15,18H,3-4,7-8,12H2,1-2H3. The van der Waals surface area contributed by atoms with Gasteiger partial charge in [0.25, 0.3) is 11.6 Å². The van der Waals surface area contributed by atoms with Crippen molar-refractivity contribution in [2.45, 2.75) is 51.1 Å². The van der Waals surface area contributed by atoms with E-state index in [1.165, 1.54) is 41.0 Å². The Bertz CT molecular complexity index is 1140. The molecule has 1 saturated carbocycles. The molecule has 3 atom stereocenters. The Morgan fingerprint density at radius 3 is 2.66 bits per heavy atom. The molecule has 2 heterocycles. The van der Waals surface area contributed by atoms with Crippen LogP contribution in [0.15, 0.2) is 35.1 Å². The van der Waals surface area contributed by atoms with E-state index in [0.29, 0.717) is 12.1 Å². The van der Waals surface area contributed by atoms with Crippen LogP contribution in [0.1, 0.15) is 48.3 Å². The number of ether oxygens (including phenoxy) is 1. The lowest BCUT2D eigenvalue weighted by Gasteiger charge is -2.33. The number of carbonyl (C=O) groups is 2. The molecule has 1 aromatic heterocycles. The largest absolute Gasteiger partial charge is 0.467 e. The average molecular weight is 440 g/mol. The first-order chi connectivity index (χ1) is 15.3. The molecule has 2 aromatic rings. The normalized spacial score (nSPS) is 22.3. The van der Waals surface area contributed by atoms with E-state index in [0.717, 1.165) is 25.7 Å². The number of aryl methyl sites for hydroxylation is 1. The van der Waals surface area contributed by atoms with Gasteiger partial charge in [-0.15, -0.1) is 0 Å². The van der Waals surface area contributed by atoms with E-state index in [9.17, 15) is 24.5 Å². The number of nitro groups is 1. The molecule has 168 valence electrons. The van der Waals surface area contributed by atoms with Gasteiger partial charge in [0.05, 0.1) is 12.0 Å². The van der Waals surface area contributed by atoms with Gasteiger partial charge in [0.2, 0.25) is 5.43 Å². The van der Waals surface area contributed by atoms with Crippen LogP contribution < -0.4 is 5.43 Å². The average Bonchev–Trinajstić information content (AvgIpc) is 3.18. The van der Waals surface area contributed by atoms with Gasteiger partial charge in [-0.2, -0.15) is 5.10 Å². The van der Waals surface area contributed by atoms with Gasteiger partial charge in [-0.1, -0.05) is 25.0 Å². The number of fused-ring (bicyclic) bond motifs is 1. The van der Waals surface area contributed by atoms with Crippen molar-refractivity contribution in [3.8, 4) is 5.69 Å². The van der Waals surface area contributed by atoms with Crippen LogP contribution in [-0.2, 0) is 9.53 Å². The van der Waals surface area contributed by atoms with Crippen molar-refractivity contribution in [1.82, 2.24) is 14.7 Å². The van der Waals surface area contributed by atoms with E-state index in [1.807, 2.05) is 0 Å². The van der Waals surface area contributed by atoms with Crippen LogP contribution in [0, 0.1) is 23.0 Å². The molecule has 32 heavy (non-hydrogen) atoms. The summed E-state index contributed by atoms with van der Waals surface area (Å²) in [5.41, 5.74) is -0.668. The summed E-state index contributed by atoms with van der Waals surface area (Å²) < 4.78 is 6.16. The molecule has 10 heteroatoms. The van der Waals surface area contributed by atoms with Crippen molar-refractivity contribution < 1.29 is 19.2 Å². The summed E-state index contributed by atoms with van der Waals surface area (Å²) in [5.74, 6) is -0.995. The Kier molecular flexibility index (Phi) is 5.77. The maximum atomic E-state index is 13.6. The number of hydrogen-bond acceptors (Lipinski definition) is 7. The fourth-order valence-electron chi connectivity index (χ4n) is 4.96. The first-order valence-electron chi connectivity index (χ1n) is 10.6. The minimum atomic E-state index is -0.775. The minimum Gasteiger partial charge on any atom is -0.467 e. The fourth-order valence-corrected chi connectivity index (χ4v) is 4.96. The molecule has 1 aromatic carbocycles. The lowest BCUT2D eigenvalue weighted by Crippen LogP contribution is -2.48. The number of amides is 1. The smallest absolute Gasteiger partial charge is 0.328 e. The molecule has 3 unspecified atom stereocenters. The third-order valence-electron chi connectivity index (χ3n) is 6.41. The van der Waals surface area contributed by atoms with Gasteiger partial charge in [-0.3, -0.25) is 19.7 Å². The molecular formula is C22H24N4O6. The molecule has 1 aliphatic carbocycles. The SMILES string of the molecule is COC(=O)C1CC2CCCCC2N1C(=O)c1nn(-c2ccccc2[N+](=O)[O-])c(C)cc1=O. The van der Waals surface area contributed by atoms with E-state index in [2.05, 4.69) is 5.10 Å². The number of likely N-dealkylation sites (tertiary alicyclic amines) is 1. The Balaban J connectivity index is 1.80. The highest BCUT2D eigenvalue weighted by Crippen LogP contribution is 2.40. The molecular weight excluding hydrogens is 416 g/mol. The van der Waals surface area contributed by atoms with Crippen LogP contribution in [0.2, 0.25) is 0 Å². The quantitative estimate of drug-likeness (QED) is 0.406. The van der Waals surface area contributed by atoms with Crippen molar-refractivity contribution in [3.63, 3.8) is 0 Å². The number of nitro benzene ring substituents is 1. The molecule has 10 nitrogen and oxygen atoms in total. The molecule has 2 fully saturated rings. The Morgan fingerprint density at radius 2 is 1.94 bits per heavy atom. The summed E-state index contributed by atoms with van der Waals surface area (Å²) >= 11 is 0. The number of carbonyl (C=O) groups excluding carboxylic acids is 2. The van der Waals surface area contributed by atoms with Crippen LogP contribution in [0.3, 0.4) is 0 Å². The van der Waals surface area contributed by atoms with Crippen LogP contribution in [-0.4, -0.2) is 50.7 Å². The number of benzene rings is 1. The summed E-state index contributed by atoms with van der Waals surface area (Å²) in [7, 11) is 1.28. The van der Waals surface area contributed by atoms with Crippen molar-refractivity contribution in [2.24, 2.45) is 5.92 Å². The van der Waals surface area contributed by atoms with Crippen LogP contribution in [0.25, 0.3) is 5.69 Å². The summed E-state index contributed by atoms with van der Waals surface area (Å²) in [4.78, 5) is 51.2. The summed E-state index contributed by atoms with van der Waals surface area (Å²) in [6.07, 6.45) is 4.11. The van der Waals surface area contributed by atoms with Crippen molar-refractivity contribution in [1.29, 1.82) is 0 Å². The predicted octanol–water partition coefficient (Wildman–Crippen LogP) is 2.40. The Labute approximate surface area is 183 Å². The third kappa shape index (κ3) is 3.65. The summed E-state index contributed by atoms with van der Waals surface area (Å²) in [6, 6.07) is 6.27. The maximum absolute atomic E-state index is 13.6. The highest BCUT2D eigenvalue weighted by molar-refractivity contribution is 5.96. The van der Waals surface area contributed by atoms with Gasteiger partial charge in [0, 0.05) is 23.9 Å². The van der Waals surface area contributed by atoms with Gasteiger partial charge in [-0.25, -0.2) is 9.48 Å². The van der Waals surface area contributed by atoms with Gasteiger partial charge in [0.15, 0.2) is 5.69 Å². The Hall–Kier alpha value is -3.56.